The van der Waals surface area contributed by atoms with E-state index in [0.717, 1.165) is 28.6 Å². The SMILES string of the molecule is CCOC(=O)C(C)(C)SCCOCCc1nc(-c2ccc(N(C)C)nc2)oc1C. The molecule has 7 nitrogen and oxygen atoms in total. The molecule has 2 heterocycles. The van der Waals surface area contributed by atoms with Crippen molar-refractivity contribution in [1.82, 2.24) is 9.97 Å². The molecule has 0 aliphatic rings. The van der Waals surface area contributed by atoms with Gasteiger partial charge in [-0.15, -0.1) is 11.8 Å². The summed E-state index contributed by atoms with van der Waals surface area (Å²) < 4.78 is 16.0. The number of oxazole rings is 1. The Hall–Kier alpha value is -2.06. The van der Waals surface area contributed by atoms with Gasteiger partial charge in [0.15, 0.2) is 0 Å². The van der Waals surface area contributed by atoms with E-state index >= 15 is 0 Å². The molecule has 0 saturated heterocycles. The number of carbonyl (C=O) groups excluding carboxylic acids is 1. The van der Waals surface area contributed by atoms with E-state index < -0.39 is 4.75 Å². The van der Waals surface area contributed by atoms with Crippen LogP contribution in [0.3, 0.4) is 0 Å². The Morgan fingerprint density at radius 3 is 2.66 bits per heavy atom. The van der Waals surface area contributed by atoms with Crippen LogP contribution in [0.1, 0.15) is 32.2 Å². The third-order valence-corrected chi connectivity index (χ3v) is 5.55. The maximum atomic E-state index is 11.9. The van der Waals surface area contributed by atoms with Crippen LogP contribution >= 0.6 is 11.8 Å². The third-order valence-electron chi connectivity index (χ3n) is 4.29. The molecule has 0 saturated carbocycles. The zero-order valence-electron chi connectivity index (χ0n) is 18.2. The standard InChI is InChI=1S/C21H31N3O4S/c1-7-27-20(25)21(3,4)29-13-12-26-11-10-17-15(2)28-19(23-17)16-8-9-18(22-14-16)24(5)6/h8-9,14H,7,10-13H2,1-6H3. The molecule has 0 aliphatic carbocycles. The van der Waals surface area contributed by atoms with Gasteiger partial charge in [-0.3, -0.25) is 4.79 Å². The molecule has 0 aromatic carbocycles. The average Bonchev–Trinajstić information content (AvgIpc) is 3.05. The summed E-state index contributed by atoms with van der Waals surface area (Å²) in [6.07, 6.45) is 2.44. The lowest BCUT2D eigenvalue weighted by Crippen LogP contribution is -2.31. The van der Waals surface area contributed by atoms with Gasteiger partial charge in [0.2, 0.25) is 5.89 Å². The third kappa shape index (κ3) is 6.75. The Balaban J connectivity index is 1.78. The Morgan fingerprint density at radius 2 is 2.03 bits per heavy atom. The van der Waals surface area contributed by atoms with Gasteiger partial charge < -0.3 is 18.8 Å². The maximum Gasteiger partial charge on any atom is 0.321 e. The van der Waals surface area contributed by atoms with Crippen LogP contribution in [0.2, 0.25) is 0 Å². The van der Waals surface area contributed by atoms with E-state index in [2.05, 4.69) is 9.97 Å². The second kappa shape index (κ2) is 10.6. The van der Waals surface area contributed by atoms with Crippen LogP contribution in [0.5, 0.6) is 0 Å². The van der Waals surface area contributed by atoms with E-state index in [4.69, 9.17) is 13.9 Å². The largest absolute Gasteiger partial charge is 0.465 e. The van der Waals surface area contributed by atoms with Gasteiger partial charge in [0, 0.05) is 32.5 Å². The molecule has 0 radical (unpaired) electrons. The zero-order valence-corrected chi connectivity index (χ0v) is 19.0. The summed E-state index contributed by atoms with van der Waals surface area (Å²) in [6.45, 7) is 8.97. The van der Waals surface area contributed by atoms with E-state index in [1.807, 2.05) is 58.8 Å². The first-order chi connectivity index (χ1) is 13.7. The molecule has 2 aromatic rings. The molecule has 0 aliphatic heterocycles. The molecule has 2 aromatic heterocycles. The molecule has 0 unspecified atom stereocenters. The van der Waals surface area contributed by atoms with Crippen molar-refractivity contribution >= 4 is 23.5 Å². The molecule has 29 heavy (non-hydrogen) atoms. The lowest BCUT2D eigenvalue weighted by Gasteiger charge is -2.21. The highest BCUT2D eigenvalue weighted by atomic mass is 32.2. The molecule has 2 rings (SSSR count). The van der Waals surface area contributed by atoms with Gasteiger partial charge in [0.05, 0.1) is 31.1 Å². The highest BCUT2D eigenvalue weighted by molar-refractivity contribution is 8.01. The molecule has 0 fully saturated rings. The number of anilines is 1. The van der Waals surface area contributed by atoms with E-state index in [0.29, 0.717) is 32.1 Å². The minimum Gasteiger partial charge on any atom is -0.465 e. The fraction of sp³-hybridized carbons (Fsp3) is 0.571. The van der Waals surface area contributed by atoms with Gasteiger partial charge in [-0.1, -0.05) is 0 Å². The van der Waals surface area contributed by atoms with E-state index in [9.17, 15) is 4.79 Å². The average molecular weight is 422 g/mol. The lowest BCUT2D eigenvalue weighted by molar-refractivity contribution is -0.145. The summed E-state index contributed by atoms with van der Waals surface area (Å²) in [5.41, 5.74) is 1.74. The number of hydrogen-bond donors (Lipinski definition) is 0. The van der Waals surface area contributed by atoms with Crippen molar-refractivity contribution in [1.29, 1.82) is 0 Å². The summed E-state index contributed by atoms with van der Waals surface area (Å²) >= 11 is 1.54. The van der Waals surface area contributed by atoms with Crippen molar-refractivity contribution < 1.29 is 18.7 Å². The van der Waals surface area contributed by atoms with E-state index in [1.54, 1.807) is 6.20 Å². The van der Waals surface area contributed by atoms with Gasteiger partial charge in [0.25, 0.3) is 0 Å². The Morgan fingerprint density at radius 1 is 1.28 bits per heavy atom. The fourth-order valence-electron chi connectivity index (χ4n) is 2.55. The van der Waals surface area contributed by atoms with Gasteiger partial charge in [-0.25, -0.2) is 9.97 Å². The van der Waals surface area contributed by atoms with Crippen LogP contribution in [0.25, 0.3) is 11.5 Å². The van der Waals surface area contributed by atoms with Crippen LogP contribution in [0.4, 0.5) is 5.82 Å². The number of hydrogen-bond acceptors (Lipinski definition) is 8. The normalized spacial score (nSPS) is 11.5. The summed E-state index contributed by atoms with van der Waals surface area (Å²) in [7, 11) is 3.90. The number of nitrogens with zero attached hydrogens (tertiary/aromatic N) is 3. The van der Waals surface area contributed by atoms with Crippen LogP contribution in [-0.4, -0.2) is 60.4 Å². The topological polar surface area (TPSA) is 77.7 Å². The smallest absolute Gasteiger partial charge is 0.321 e. The van der Waals surface area contributed by atoms with Gasteiger partial charge in [0.1, 0.15) is 16.3 Å². The summed E-state index contributed by atoms with van der Waals surface area (Å²) in [5, 5.41) is 0. The zero-order chi connectivity index (χ0) is 21.4. The first-order valence-electron chi connectivity index (χ1n) is 9.73. The Labute approximate surface area is 177 Å². The van der Waals surface area contributed by atoms with Gasteiger partial charge in [-0.2, -0.15) is 0 Å². The molecule has 8 heteroatoms. The van der Waals surface area contributed by atoms with Crippen LogP contribution in [0.15, 0.2) is 22.7 Å². The fourth-order valence-corrected chi connectivity index (χ4v) is 3.44. The lowest BCUT2D eigenvalue weighted by atomic mass is 10.2. The number of thioether (sulfide) groups is 1. The van der Waals surface area contributed by atoms with E-state index in [1.165, 1.54) is 11.8 Å². The summed E-state index contributed by atoms with van der Waals surface area (Å²) in [6, 6.07) is 3.89. The predicted molar refractivity (Wildman–Crippen MR) is 116 cm³/mol. The van der Waals surface area contributed by atoms with Crippen LogP contribution in [0, 0.1) is 6.92 Å². The van der Waals surface area contributed by atoms with Crippen LogP contribution in [-0.2, 0) is 20.7 Å². The molecule has 0 bridgehead atoms. The maximum absolute atomic E-state index is 11.9. The molecular formula is C21H31N3O4S. The molecule has 0 atom stereocenters. The van der Waals surface area contributed by atoms with Gasteiger partial charge >= 0.3 is 5.97 Å². The van der Waals surface area contributed by atoms with E-state index in [-0.39, 0.29) is 5.97 Å². The first-order valence-corrected chi connectivity index (χ1v) is 10.7. The van der Waals surface area contributed by atoms with Crippen molar-refractivity contribution in [3.05, 3.63) is 29.8 Å². The Bertz CT molecular complexity index is 788. The van der Waals surface area contributed by atoms with Gasteiger partial charge in [-0.05, 0) is 39.8 Å². The van der Waals surface area contributed by atoms with Crippen molar-refractivity contribution in [2.45, 2.75) is 38.9 Å². The minimum atomic E-state index is -0.562. The highest BCUT2D eigenvalue weighted by Crippen LogP contribution is 2.26. The van der Waals surface area contributed by atoms with Crippen molar-refractivity contribution in [3.8, 4) is 11.5 Å². The number of carbonyl (C=O) groups is 1. The van der Waals surface area contributed by atoms with Crippen molar-refractivity contribution in [2.75, 3.05) is 44.6 Å². The number of ether oxygens (including phenoxy) is 2. The second-order valence-electron chi connectivity index (χ2n) is 7.26. The number of pyridine rings is 1. The number of aromatic nitrogens is 2. The quantitative estimate of drug-likeness (QED) is 0.401. The summed E-state index contributed by atoms with van der Waals surface area (Å²) in [4.78, 5) is 22.8. The van der Waals surface area contributed by atoms with Crippen molar-refractivity contribution in [2.24, 2.45) is 0 Å². The minimum absolute atomic E-state index is 0.191. The number of esters is 1. The second-order valence-corrected chi connectivity index (χ2v) is 8.98. The monoisotopic (exact) mass is 421 g/mol. The first kappa shape index (κ1) is 23.2. The molecular weight excluding hydrogens is 390 g/mol. The number of rotatable bonds is 11. The van der Waals surface area contributed by atoms with Crippen molar-refractivity contribution in [3.63, 3.8) is 0 Å². The molecule has 160 valence electrons. The molecule has 0 amide bonds. The highest BCUT2D eigenvalue weighted by Gasteiger charge is 2.29. The molecule has 0 N–H and O–H groups in total. The predicted octanol–water partition coefficient (Wildman–Crippen LogP) is 3.75. The van der Waals surface area contributed by atoms with Crippen LogP contribution < -0.4 is 4.90 Å². The summed E-state index contributed by atoms with van der Waals surface area (Å²) in [5.74, 6) is 2.78. The Kier molecular flexibility index (Phi) is 8.52. The molecule has 0 spiro atoms. The number of aryl methyl sites for hydroxylation is 1.